The molecule has 0 aromatic rings. The predicted molar refractivity (Wildman–Crippen MR) is 106 cm³/mol. The molecule has 4 heteroatoms. The zero-order valence-corrected chi connectivity index (χ0v) is 16.8. The number of hydrogen-bond donors (Lipinski definition) is 3. The second-order valence-electron chi connectivity index (χ2n) is 8.01. The fourth-order valence-corrected chi connectivity index (χ4v) is 4.23. The maximum Gasteiger partial charge on any atom is 0.303 e. The van der Waals surface area contributed by atoms with E-state index in [0.29, 0.717) is 11.8 Å². The van der Waals surface area contributed by atoms with Crippen molar-refractivity contribution >= 4 is 5.97 Å². The van der Waals surface area contributed by atoms with Gasteiger partial charge in [0.1, 0.15) is 0 Å². The minimum Gasteiger partial charge on any atom is -0.481 e. The minimum absolute atomic E-state index is 0.233. The summed E-state index contributed by atoms with van der Waals surface area (Å²) >= 11 is 0. The van der Waals surface area contributed by atoms with E-state index in [1.165, 1.54) is 0 Å². The van der Waals surface area contributed by atoms with Crippen molar-refractivity contribution in [2.75, 3.05) is 0 Å². The predicted octanol–water partition coefficient (Wildman–Crippen LogP) is 4.93. The van der Waals surface area contributed by atoms with Crippen molar-refractivity contribution in [3.05, 3.63) is 12.2 Å². The molecule has 0 bridgehead atoms. The molecule has 1 saturated carbocycles. The van der Waals surface area contributed by atoms with Gasteiger partial charge >= 0.3 is 5.97 Å². The van der Waals surface area contributed by atoms with E-state index in [2.05, 4.69) is 19.9 Å². The van der Waals surface area contributed by atoms with Gasteiger partial charge < -0.3 is 15.3 Å². The largest absolute Gasteiger partial charge is 0.481 e. The molecule has 3 N–H and O–H groups in total. The molecule has 0 radical (unpaired) electrons. The van der Waals surface area contributed by atoms with Gasteiger partial charge in [0.05, 0.1) is 12.2 Å². The normalized spacial score (nSPS) is 25.6. The van der Waals surface area contributed by atoms with Crippen LogP contribution in [0.15, 0.2) is 12.2 Å². The van der Waals surface area contributed by atoms with Gasteiger partial charge in [-0.25, -0.2) is 0 Å². The van der Waals surface area contributed by atoms with Crippen molar-refractivity contribution < 1.29 is 20.1 Å². The molecule has 0 amide bonds. The molecule has 0 saturated heterocycles. The van der Waals surface area contributed by atoms with Crippen molar-refractivity contribution in [3.63, 3.8) is 0 Å². The van der Waals surface area contributed by atoms with Crippen molar-refractivity contribution in [2.45, 2.75) is 103 Å². The zero-order chi connectivity index (χ0) is 19.4. The molecule has 0 spiro atoms. The monoisotopic (exact) mass is 368 g/mol. The molecule has 0 heterocycles. The van der Waals surface area contributed by atoms with Crippen LogP contribution in [0.3, 0.4) is 0 Å². The first-order valence-corrected chi connectivity index (χ1v) is 10.8. The summed E-state index contributed by atoms with van der Waals surface area (Å²) in [6, 6.07) is 0. The highest BCUT2D eigenvalue weighted by Gasteiger charge is 2.32. The maximum atomic E-state index is 10.5. The fourth-order valence-electron chi connectivity index (χ4n) is 4.23. The van der Waals surface area contributed by atoms with Crippen LogP contribution >= 0.6 is 0 Å². The topological polar surface area (TPSA) is 77.8 Å². The first-order valence-electron chi connectivity index (χ1n) is 10.8. The highest BCUT2D eigenvalue weighted by molar-refractivity contribution is 5.66. The SMILES string of the molecule is CCCCC(CC)C(O)/C=C/C1CCC(O)C1CCCCCCC(=O)O. The molecule has 152 valence electrons. The fraction of sp³-hybridized carbons (Fsp3) is 0.864. The lowest BCUT2D eigenvalue weighted by Crippen LogP contribution is -2.20. The van der Waals surface area contributed by atoms with Crippen LogP contribution in [0.2, 0.25) is 0 Å². The molecule has 5 unspecified atom stereocenters. The molecule has 1 aliphatic rings. The summed E-state index contributed by atoms with van der Waals surface area (Å²) in [7, 11) is 0. The lowest BCUT2D eigenvalue weighted by Gasteiger charge is -2.22. The van der Waals surface area contributed by atoms with E-state index < -0.39 is 5.97 Å². The number of rotatable bonds is 14. The van der Waals surface area contributed by atoms with Crippen LogP contribution in [-0.4, -0.2) is 33.5 Å². The summed E-state index contributed by atoms with van der Waals surface area (Å²) in [5, 5.41) is 29.4. The Kier molecular flexibility index (Phi) is 11.9. The lowest BCUT2D eigenvalue weighted by atomic mass is 9.87. The number of aliphatic hydroxyl groups excluding tert-OH is 2. The minimum atomic E-state index is -0.718. The van der Waals surface area contributed by atoms with Crippen LogP contribution in [-0.2, 0) is 4.79 Å². The second-order valence-corrected chi connectivity index (χ2v) is 8.01. The number of allylic oxidation sites excluding steroid dienone is 1. The molecule has 4 nitrogen and oxygen atoms in total. The molecule has 5 atom stereocenters. The van der Waals surface area contributed by atoms with E-state index in [1.807, 2.05) is 6.08 Å². The average molecular weight is 369 g/mol. The third kappa shape index (κ3) is 8.68. The Hall–Kier alpha value is -0.870. The molecule has 1 rings (SSSR count). The summed E-state index contributed by atoms with van der Waals surface area (Å²) in [6.07, 6.45) is 14.8. The number of aliphatic hydroxyl groups is 2. The van der Waals surface area contributed by atoms with E-state index in [0.717, 1.165) is 70.6 Å². The summed E-state index contributed by atoms with van der Waals surface area (Å²) in [4.78, 5) is 10.5. The zero-order valence-electron chi connectivity index (χ0n) is 16.8. The third-order valence-electron chi connectivity index (χ3n) is 6.01. The summed E-state index contributed by atoms with van der Waals surface area (Å²) in [5.74, 6) is 0.269. The molecule has 1 fully saturated rings. The lowest BCUT2D eigenvalue weighted by molar-refractivity contribution is -0.137. The van der Waals surface area contributed by atoms with Crippen LogP contribution in [0.1, 0.15) is 90.9 Å². The van der Waals surface area contributed by atoms with Crippen LogP contribution in [0.25, 0.3) is 0 Å². The van der Waals surface area contributed by atoms with Gasteiger partial charge in [-0.2, -0.15) is 0 Å². The number of carbonyl (C=O) groups is 1. The van der Waals surface area contributed by atoms with Gasteiger partial charge in [-0.1, -0.05) is 64.5 Å². The van der Waals surface area contributed by atoms with Gasteiger partial charge in [0, 0.05) is 6.42 Å². The van der Waals surface area contributed by atoms with Crippen LogP contribution < -0.4 is 0 Å². The van der Waals surface area contributed by atoms with Crippen molar-refractivity contribution in [1.82, 2.24) is 0 Å². The van der Waals surface area contributed by atoms with E-state index in [-0.39, 0.29) is 24.5 Å². The van der Waals surface area contributed by atoms with E-state index in [9.17, 15) is 15.0 Å². The first-order chi connectivity index (χ1) is 12.5. The van der Waals surface area contributed by atoms with Gasteiger partial charge in [-0.3, -0.25) is 4.79 Å². The number of unbranched alkanes of at least 4 members (excludes halogenated alkanes) is 4. The Bertz CT molecular complexity index is 407. The third-order valence-corrected chi connectivity index (χ3v) is 6.01. The average Bonchev–Trinajstić information content (AvgIpc) is 2.96. The van der Waals surface area contributed by atoms with Gasteiger partial charge in [0.2, 0.25) is 0 Å². The van der Waals surface area contributed by atoms with Gasteiger partial charge in [-0.15, -0.1) is 0 Å². The maximum absolute atomic E-state index is 10.5. The number of carboxylic acid groups (broad SMARTS) is 1. The molecule has 0 aromatic heterocycles. The van der Waals surface area contributed by atoms with Crippen LogP contribution in [0.4, 0.5) is 0 Å². The van der Waals surface area contributed by atoms with Crippen molar-refractivity contribution in [3.8, 4) is 0 Å². The molecular weight excluding hydrogens is 328 g/mol. The van der Waals surface area contributed by atoms with E-state index in [4.69, 9.17) is 5.11 Å². The van der Waals surface area contributed by atoms with Gasteiger partial charge in [-0.05, 0) is 49.9 Å². The highest BCUT2D eigenvalue weighted by Crippen LogP contribution is 2.37. The molecule has 0 aliphatic heterocycles. The van der Waals surface area contributed by atoms with Crippen LogP contribution in [0.5, 0.6) is 0 Å². The smallest absolute Gasteiger partial charge is 0.303 e. The van der Waals surface area contributed by atoms with Gasteiger partial charge in [0.15, 0.2) is 0 Å². The van der Waals surface area contributed by atoms with Crippen molar-refractivity contribution in [1.29, 1.82) is 0 Å². The van der Waals surface area contributed by atoms with Gasteiger partial charge in [0.25, 0.3) is 0 Å². The number of aliphatic carboxylic acids is 1. The van der Waals surface area contributed by atoms with Crippen LogP contribution in [0, 0.1) is 17.8 Å². The van der Waals surface area contributed by atoms with E-state index >= 15 is 0 Å². The summed E-state index contributed by atoms with van der Waals surface area (Å²) in [6.45, 7) is 4.32. The summed E-state index contributed by atoms with van der Waals surface area (Å²) < 4.78 is 0. The Morgan fingerprint density at radius 1 is 1.12 bits per heavy atom. The molecule has 1 aliphatic carbocycles. The Labute approximate surface area is 159 Å². The Morgan fingerprint density at radius 3 is 2.50 bits per heavy atom. The Morgan fingerprint density at radius 2 is 1.85 bits per heavy atom. The molecule has 0 aromatic carbocycles. The Balaban J connectivity index is 2.40. The molecule has 26 heavy (non-hydrogen) atoms. The number of carboxylic acids is 1. The van der Waals surface area contributed by atoms with Crippen molar-refractivity contribution in [2.24, 2.45) is 17.8 Å². The molecular formula is C22H40O4. The second kappa shape index (κ2) is 13.3. The standard InChI is InChI=1S/C22H40O4/c1-3-5-10-17(4-2)20(23)15-13-18-14-16-21(24)19(18)11-8-6-7-9-12-22(25)26/h13,15,17-21,23-24H,3-12,14,16H2,1-2H3,(H,25,26)/b15-13+. The summed E-state index contributed by atoms with van der Waals surface area (Å²) in [5.41, 5.74) is 0. The van der Waals surface area contributed by atoms with E-state index in [1.54, 1.807) is 0 Å². The quantitative estimate of drug-likeness (QED) is 0.300. The first kappa shape index (κ1) is 23.2. The highest BCUT2D eigenvalue weighted by atomic mass is 16.4. The number of hydrogen-bond acceptors (Lipinski definition) is 3.